The van der Waals surface area contributed by atoms with Crippen LogP contribution < -0.4 is 20.9 Å². The molecular weight excluding hydrogens is 509 g/mol. The molecule has 2 heterocycles. The van der Waals surface area contributed by atoms with Gasteiger partial charge in [-0.1, -0.05) is 24.1 Å². The van der Waals surface area contributed by atoms with Gasteiger partial charge in [0.15, 0.2) is 11.8 Å². The van der Waals surface area contributed by atoms with E-state index in [1.165, 1.54) is 19.1 Å². The van der Waals surface area contributed by atoms with E-state index in [2.05, 4.69) is 11.0 Å². The lowest BCUT2D eigenvalue weighted by Crippen LogP contribution is -2.46. The Labute approximate surface area is 211 Å². The molecule has 1 fully saturated rings. The lowest BCUT2D eigenvalue weighted by atomic mass is 9.97. The fourth-order valence-corrected chi connectivity index (χ4v) is 4.95. The number of para-hydroxylation sites is 1. The van der Waals surface area contributed by atoms with Crippen LogP contribution in [-0.2, 0) is 23.4 Å². The first-order valence-corrected chi connectivity index (χ1v) is 12.7. The molecule has 0 bridgehead atoms. The lowest BCUT2D eigenvalue weighted by molar-refractivity contribution is -0.149. The summed E-state index contributed by atoms with van der Waals surface area (Å²) in [6, 6.07) is 7.79. The van der Waals surface area contributed by atoms with Gasteiger partial charge in [-0.3, -0.25) is 23.7 Å². The SMILES string of the molecule is C#C[C@]1(COP(=O)(N[C@@H](C)C(=O)OC(C)C)Oc2ccccc2)O[C@@H](n2ccc(=O)[nH]c2=O)[C@@H](O)C1O. The molecule has 2 unspecified atom stereocenters. The van der Waals surface area contributed by atoms with Crippen LogP contribution in [0.15, 0.2) is 52.2 Å². The molecular formula is C23H28N3O10P. The normalized spacial score (nSPS) is 25.7. The number of ether oxygens (including phenoxy) is 2. The van der Waals surface area contributed by atoms with Gasteiger partial charge in [0.25, 0.3) is 5.56 Å². The van der Waals surface area contributed by atoms with Crippen molar-refractivity contribution >= 4 is 13.7 Å². The lowest BCUT2D eigenvalue weighted by Gasteiger charge is -2.29. The minimum atomic E-state index is -4.39. The van der Waals surface area contributed by atoms with Gasteiger partial charge in [0.05, 0.1) is 6.10 Å². The molecule has 1 aromatic carbocycles. The average Bonchev–Trinajstić information content (AvgIpc) is 3.08. The Morgan fingerprint density at radius 3 is 2.54 bits per heavy atom. The van der Waals surface area contributed by atoms with Crippen molar-refractivity contribution in [3.05, 3.63) is 63.4 Å². The number of carbonyl (C=O) groups excluding carboxylic acids is 1. The zero-order valence-electron chi connectivity index (χ0n) is 20.3. The minimum Gasteiger partial charge on any atom is -0.462 e. The Balaban J connectivity index is 1.87. The fourth-order valence-electron chi connectivity index (χ4n) is 3.43. The van der Waals surface area contributed by atoms with E-state index in [4.69, 9.17) is 24.9 Å². The van der Waals surface area contributed by atoms with Gasteiger partial charge in [0.2, 0.25) is 0 Å². The number of aromatic nitrogens is 2. The van der Waals surface area contributed by atoms with Crippen molar-refractivity contribution in [1.29, 1.82) is 0 Å². The van der Waals surface area contributed by atoms with Crippen LogP contribution in [0.3, 0.4) is 0 Å². The number of H-pyrrole nitrogens is 1. The predicted molar refractivity (Wildman–Crippen MR) is 129 cm³/mol. The smallest absolute Gasteiger partial charge is 0.459 e. The summed E-state index contributed by atoms with van der Waals surface area (Å²) in [6.45, 7) is 3.88. The van der Waals surface area contributed by atoms with Gasteiger partial charge in [-0.25, -0.2) is 9.36 Å². The monoisotopic (exact) mass is 537 g/mol. The van der Waals surface area contributed by atoms with E-state index in [1.54, 1.807) is 32.0 Å². The third-order valence-corrected chi connectivity index (χ3v) is 6.89. The molecule has 13 nitrogen and oxygen atoms in total. The van der Waals surface area contributed by atoms with Crippen molar-refractivity contribution in [1.82, 2.24) is 14.6 Å². The molecule has 1 saturated heterocycles. The Morgan fingerprint density at radius 1 is 1.27 bits per heavy atom. The average molecular weight is 537 g/mol. The van der Waals surface area contributed by atoms with Crippen LogP contribution in [0, 0.1) is 12.3 Å². The number of nitrogens with zero attached hydrogens (tertiary/aromatic N) is 1. The van der Waals surface area contributed by atoms with E-state index in [-0.39, 0.29) is 5.75 Å². The first-order valence-electron chi connectivity index (χ1n) is 11.2. The molecule has 1 aliphatic rings. The van der Waals surface area contributed by atoms with E-state index >= 15 is 0 Å². The maximum atomic E-state index is 13.7. The number of benzene rings is 1. The number of hydrogen-bond acceptors (Lipinski definition) is 10. The van der Waals surface area contributed by atoms with Crippen molar-refractivity contribution in [2.45, 2.75) is 57.0 Å². The van der Waals surface area contributed by atoms with Crippen LogP contribution in [0.1, 0.15) is 27.0 Å². The summed E-state index contributed by atoms with van der Waals surface area (Å²) < 4.78 is 36.4. The first-order chi connectivity index (χ1) is 17.4. The van der Waals surface area contributed by atoms with Crippen LogP contribution in [0.2, 0.25) is 0 Å². The van der Waals surface area contributed by atoms with Crippen LogP contribution in [0.25, 0.3) is 0 Å². The molecule has 3 rings (SSSR count). The predicted octanol–water partition coefficient (Wildman–Crippen LogP) is 0.293. The van der Waals surface area contributed by atoms with E-state index in [1.807, 2.05) is 4.98 Å². The minimum absolute atomic E-state index is 0.128. The summed E-state index contributed by atoms with van der Waals surface area (Å²) in [5, 5.41) is 23.8. The maximum Gasteiger partial charge on any atom is 0.459 e. The Hall–Kier alpha value is -3.24. The van der Waals surface area contributed by atoms with Crippen molar-refractivity contribution < 1.29 is 38.1 Å². The van der Waals surface area contributed by atoms with E-state index < -0.39 is 67.8 Å². The number of carbonyl (C=O) groups is 1. The fraction of sp³-hybridized carbons (Fsp3) is 0.435. The summed E-state index contributed by atoms with van der Waals surface area (Å²) in [5.74, 6) is 1.58. The van der Waals surface area contributed by atoms with Gasteiger partial charge in [0.1, 0.15) is 30.6 Å². The second-order valence-corrected chi connectivity index (χ2v) is 10.2. The zero-order valence-corrected chi connectivity index (χ0v) is 21.2. The highest BCUT2D eigenvalue weighted by molar-refractivity contribution is 7.52. The number of hydrogen-bond donors (Lipinski definition) is 4. The molecule has 37 heavy (non-hydrogen) atoms. The third kappa shape index (κ3) is 6.56. The molecule has 0 saturated carbocycles. The van der Waals surface area contributed by atoms with E-state index in [0.717, 1.165) is 16.8 Å². The molecule has 0 aliphatic carbocycles. The number of terminal acetylenes is 1. The molecule has 1 aliphatic heterocycles. The molecule has 1 aromatic heterocycles. The molecule has 14 heteroatoms. The topological polar surface area (TPSA) is 178 Å². The highest BCUT2D eigenvalue weighted by Crippen LogP contribution is 2.47. The molecule has 0 spiro atoms. The van der Waals surface area contributed by atoms with E-state index in [9.17, 15) is 29.2 Å². The first kappa shape index (κ1) is 28.3. The van der Waals surface area contributed by atoms with Gasteiger partial charge in [-0.2, -0.15) is 5.09 Å². The number of aromatic amines is 1. The zero-order chi connectivity index (χ0) is 27.4. The largest absolute Gasteiger partial charge is 0.462 e. The Bertz CT molecular complexity index is 1300. The second-order valence-electron chi connectivity index (χ2n) is 8.51. The van der Waals surface area contributed by atoms with Crippen LogP contribution in [0.4, 0.5) is 0 Å². The third-order valence-electron chi connectivity index (χ3n) is 5.27. The number of rotatable bonds is 10. The number of nitrogens with one attached hydrogen (secondary N) is 2. The molecule has 0 amide bonds. The van der Waals surface area contributed by atoms with Gasteiger partial charge < -0.3 is 24.2 Å². The molecule has 2 aromatic rings. The van der Waals surface area contributed by atoms with Crippen LogP contribution in [-0.4, -0.2) is 62.3 Å². The summed E-state index contributed by atoms with van der Waals surface area (Å²) in [6.07, 6.45) is 1.18. The standard InChI is InChI=1S/C23H28N3O10P/c1-5-23(19(29)18(28)20(35-23)26-12-11-17(27)24-22(26)31)13-33-37(32,36-16-9-7-6-8-10-16)25-15(4)21(30)34-14(2)3/h1,6-12,14-15,18-20,28-29H,13H2,2-4H3,(H,25,32)(H,24,27,31)/t15-,18-,19?,20+,23+,37?/m0/s1. The molecule has 200 valence electrons. The summed E-state index contributed by atoms with van der Waals surface area (Å²) >= 11 is 0. The van der Waals surface area contributed by atoms with Crippen molar-refractivity contribution in [2.75, 3.05) is 6.61 Å². The Morgan fingerprint density at radius 2 is 1.95 bits per heavy atom. The van der Waals surface area contributed by atoms with Gasteiger partial charge in [-0.15, -0.1) is 6.42 Å². The van der Waals surface area contributed by atoms with Crippen LogP contribution in [0.5, 0.6) is 5.75 Å². The highest BCUT2D eigenvalue weighted by Gasteiger charge is 2.56. The molecule has 6 atom stereocenters. The van der Waals surface area contributed by atoms with Crippen molar-refractivity contribution in [3.63, 3.8) is 0 Å². The summed E-state index contributed by atoms with van der Waals surface area (Å²) in [4.78, 5) is 37.9. The van der Waals surface area contributed by atoms with Crippen molar-refractivity contribution in [2.24, 2.45) is 0 Å². The summed E-state index contributed by atoms with van der Waals surface area (Å²) in [7, 11) is -4.39. The quantitative estimate of drug-likeness (QED) is 0.186. The van der Waals surface area contributed by atoms with Gasteiger partial charge in [0, 0.05) is 12.3 Å². The van der Waals surface area contributed by atoms with E-state index in [0.29, 0.717) is 0 Å². The molecule has 4 N–H and O–H groups in total. The maximum absolute atomic E-state index is 13.7. The van der Waals surface area contributed by atoms with Gasteiger partial charge in [-0.05, 0) is 32.9 Å². The number of esters is 1. The summed E-state index contributed by atoms with van der Waals surface area (Å²) in [5.41, 5.74) is -3.70. The Kier molecular flexibility index (Phi) is 8.76. The second kappa shape index (κ2) is 11.4. The molecule has 0 radical (unpaired) electrons. The number of aliphatic hydroxyl groups excluding tert-OH is 2. The van der Waals surface area contributed by atoms with Crippen LogP contribution >= 0.6 is 7.75 Å². The van der Waals surface area contributed by atoms with Crippen molar-refractivity contribution in [3.8, 4) is 18.1 Å². The van der Waals surface area contributed by atoms with Gasteiger partial charge >= 0.3 is 19.4 Å². The number of aliphatic hydroxyl groups is 2. The highest BCUT2D eigenvalue weighted by atomic mass is 31.2.